The molecule has 0 bridgehead atoms. The minimum Gasteiger partial charge on any atom is -0.436 e. The Balaban J connectivity index is 1.43. The lowest BCUT2D eigenvalue weighted by atomic mass is 9.68. The van der Waals surface area contributed by atoms with Crippen molar-refractivity contribution in [2.45, 2.75) is 107 Å². The highest BCUT2D eigenvalue weighted by molar-refractivity contribution is 14.1. The van der Waals surface area contributed by atoms with Crippen molar-refractivity contribution in [1.82, 2.24) is 0 Å². The molecule has 1 nitrogen and oxygen atoms in total. The zero-order valence-electron chi connectivity index (χ0n) is 17.1. The molecule has 1 unspecified atom stereocenters. The van der Waals surface area contributed by atoms with Crippen LogP contribution in [0, 0.1) is 23.7 Å². The SMILES string of the molecule is CCCCCC1CCC(C2CCC(C3=CCC(C)(I)C(F)(F)O3)CC2)CC1. The Morgan fingerprint density at radius 3 is 2.15 bits per heavy atom. The molecule has 1 aliphatic heterocycles. The van der Waals surface area contributed by atoms with Gasteiger partial charge in [0.2, 0.25) is 0 Å². The highest BCUT2D eigenvalue weighted by Gasteiger charge is 2.54. The molecule has 2 aliphatic carbocycles. The second kappa shape index (κ2) is 9.30. The van der Waals surface area contributed by atoms with Crippen LogP contribution in [-0.4, -0.2) is 9.53 Å². The van der Waals surface area contributed by atoms with Crippen LogP contribution in [0.4, 0.5) is 8.78 Å². The minimum absolute atomic E-state index is 0.213. The van der Waals surface area contributed by atoms with E-state index in [0.717, 1.165) is 30.6 Å². The van der Waals surface area contributed by atoms with Crippen molar-refractivity contribution in [2.24, 2.45) is 23.7 Å². The van der Waals surface area contributed by atoms with E-state index in [9.17, 15) is 8.78 Å². The fourth-order valence-electron chi connectivity index (χ4n) is 5.46. The lowest BCUT2D eigenvalue weighted by Gasteiger charge is -2.41. The molecule has 4 heteroatoms. The first kappa shape index (κ1) is 21.8. The summed E-state index contributed by atoms with van der Waals surface area (Å²) >= 11 is 1.84. The van der Waals surface area contributed by atoms with Crippen LogP contribution in [0.15, 0.2) is 11.8 Å². The summed E-state index contributed by atoms with van der Waals surface area (Å²) < 4.78 is 32.5. The van der Waals surface area contributed by atoms with E-state index < -0.39 is 9.53 Å². The van der Waals surface area contributed by atoms with Crippen molar-refractivity contribution < 1.29 is 13.5 Å². The molecule has 0 spiro atoms. The summed E-state index contributed by atoms with van der Waals surface area (Å²) in [5.74, 6) is 3.46. The molecule has 0 radical (unpaired) electrons. The summed E-state index contributed by atoms with van der Waals surface area (Å²) in [6, 6.07) is 0. The number of ether oxygens (including phenoxy) is 1. The van der Waals surface area contributed by atoms with Gasteiger partial charge in [-0.05, 0) is 75.7 Å². The van der Waals surface area contributed by atoms with Crippen LogP contribution in [-0.2, 0) is 4.74 Å². The smallest absolute Gasteiger partial charge is 0.412 e. The van der Waals surface area contributed by atoms with Gasteiger partial charge in [0, 0.05) is 5.92 Å². The largest absolute Gasteiger partial charge is 0.436 e. The van der Waals surface area contributed by atoms with Crippen LogP contribution in [0.5, 0.6) is 0 Å². The van der Waals surface area contributed by atoms with Crippen molar-refractivity contribution in [1.29, 1.82) is 0 Å². The molecule has 0 saturated heterocycles. The molecular formula is C23H37F2IO. The van der Waals surface area contributed by atoms with E-state index >= 15 is 0 Å². The zero-order chi connectivity index (χ0) is 19.5. The first-order valence-corrected chi connectivity index (χ1v) is 12.4. The van der Waals surface area contributed by atoms with Gasteiger partial charge in [-0.25, -0.2) is 0 Å². The summed E-state index contributed by atoms with van der Waals surface area (Å²) in [5.41, 5.74) is 0. The number of hydrogen-bond acceptors (Lipinski definition) is 1. The van der Waals surface area contributed by atoms with Gasteiger partial charge >= 0.3 is 6.11 Å². The van der Waals surface area contributed by atoms with E-state index in [0.29, 0.717) is 12.2 Å². The third-order valence-electron chi connectivity index (χ3n) is 7.49. The van der Waals surface area contributed by atoms with E-state index in [4.69, 9.17) is 4.74 Å². The van der Waals surface area contributed by atoms with Crippen LogP contribution >= 0.6 is 22.6 Å². The standard InChI is InChI=1S/C23H37F2IO/c1-3-4-5-6-17-7-9-18(10-8-17)19-11-13-20(14-12-19)21-15-16-22(2,26)23(24,25)27-21/h15,17-20H,3-14,16H2,1-2H3. The quantitative estimate of drug-likeness (QED) is 0.205. The van der Waals surface area contributed by atoms with Crippen molar-refractivity contribution in [3.63, 3.8) is 0 Å². The molecule has 3 aliphatic rings. The normalized spacial score (nSPS) is 39.5. The monoisotopic (exact) mass is 494 g/mol. The maximum atomic E-state index is 14.2. The van der Waals surface area contributed by atoms with Gasteiger partial charge in [-0.15, -0.1) is 0 Å². The first-order valence-electron chi connectivity index (χ1n) is 11.3. The Morgan fingerprint density at radius 2 is 1.59 bits per heavy atom. The van der Waals surface area contributed by atoms with E-state index in [1.54, 1.807) is 6.92 Å². The third-order valence-corrected chi connectivity index (χ3v) is 8.56. The molecule has 1 atom stereocenters. The topological polar surface area (TPSA) is 9.23 Å². The number of hydrogen-bond donors (Lipinski definition) is 0. The average Bonchev–Trinajstić information content (AvgIpc) is 2.65. The van der Waals surface area contributed by atoms with Crippen LogP contribution in [0.3, 0.4) is 0 Å². The van der Waals surface area contributed by atoms with Gasteiger partial charge in [-0.2, -0.15) is 8.78 Å². The zero-order valence-corrected chi connectivity index (χ0v) is 19.3. The summed E-state index contributed by atoms with van der Waals surface area (Å²) in [4.78, 5) is 0. The van der Waals surface area contributed by atoms with Crippen molar-refractivity contribution in [2.75, 3.05) is 0 Å². The van der Waals surface area contributed by atoms with Gasteiger partial charge in [0.05, 0.1) is 0 Å². The molecule has 3 rings (SSSR count). The summed E-state index contributed by atoms with van der Waals surface area (Å²) in [6.07, 6.45) is 14.9. The van der Waals surface area contributed by atoms with Crippen LogP contribution in [0.1, 0.15) is 97.3 Å². The van der Waals surface area contributed by atoms with E-state index in [1.165, 1.54) is 64.2 Å². The lowest BCUT2D eigenvalue weighted by molar-refractivity contribution is -0.241. The second-order valence-corrected chi connectivity index (χ2v) is 11.9. The van der Waals surface area contributed by atoms with Gasteiger partial charge in [0.25, 0.3) is 0 Å². The summed E-state index contributed by atoms with van der Waals surface area (Å²) in [7, 11) is 0. The van der Waals surface area contributed by atoms with Crippen LogP contribution in [0.25, 0.3) is 0 Å². The maximum absolute atomic E-state index is 14.2. The molecule has 0 aromatic rings. The molecule has 27 heavy (non-hydrogen) atoms. The molecule has 0 N–H and O–H groups in total. The van der Waals surface area contributed by atoms with Crippen LogP contribution in [0.2, 0.25) is 0 Å². The van der Waals surface area contributed by atoms with Crippen molar-refractivity contribution in [3.05, 3.63) is 11.8 Å². The Bertz CT molecular complexity index is 501. The Hall–Kier alpha value is 0.130. The number of unbranched alkanes of at least 4 members (excludes halogenated alkanes) is 2. The second-order valence-electron chi connectivity index (χ2n) is 9.52. The Morgan fingerprint density at radius 1 is 1.00 bits per heavy atom. The molecule has 0 amide bonds. The van der Waals surface area contributed by atoms with E-state index in [1.807, 2.05) is 28.7 Å². The number of allylic oxidation sites excluding steroid dienone is 2. The molecule has 156 valence electrons. The maximum Gasteiger partial charge on any atom is 0.412 e. The van der Waals surface area contributed by atoms with E-state index in [2.05, 4.69) is 6.92 Å². The van der Waals surface area contributed by atoms with E-state index in [-0.39, 0.29) is 5.92 Å². The van der Waals surface area contributed by atoms with Gasteiger partial charge in [0.15, 0.2) is 0 Å². The van der Waals surface area contributed by atoms with Gasteiger partial charge < -0.3 is 4.74 Å². The highest BCUT2D eigenvalue weighted by Crippen LogP contribution is 2.49. The van der Waals surface area contributed by atoms with Crippen molar-refractivity contribution >= 4 is 22.6 Å². The molecule has 2 fully saturated rings. The molecule has 0 aromatic heterocycles. The minimum atomic E-state index is -3.05. The molecule has 1 heterocycles. The first-order chi connectivity index (χ1) is 12.8. The highest BCUT2D eigenvalue weighted by atomic mass is 127. The lowest BCUT2D eigenvalue weighted by Crippen LogP contribution is -2.45. The fraction of sp³-hybridized carbons (Fsp3) is 0.913. The molecule has 2 saturated carbocycles. The van der Waals surface area contributed by atoms with Gasteiger partial charge in [0.1, 0.15) is 9.18 Å². The van der Waals surface area contributed by atoms with Gasteiger partial charge in [-0.3, -0.25) is 0 Å². The number of alkyl halides is 3. The average molecular weight is 494 g/mol. The number of halogens is 3. The summed E-state index contributed by atoms with van der Waals surface area (Å²) in [6.45, 7) is 3.86. The Labute approximate surface area is 178 Å². The Kier molecular flexibility index (Phi) is 7.52. The van der Waals surface area contributed by atoms with Crippen LogP contribution < -0.4 is 0 Å². The number of rotatable bonds is 6. The molecule has 0 aromatic carbocycles. The van der Waals surface area contributed by atoms with Crippen molar-refractivity contribution in [3.8, 4) is 0 Å². The van der Waals surface area contributed by atoms with Gasteiger partial charge in [-0.1, -0.05) is 68.0 Å². The fourth-order valence-corrected chi connectivity index (χ4v) is 5.79. The molecular weight excluding hydrogens is 457 g/mol. The third kappa shape index (κ3) is 5.39. The predicted octanol–water partition coefficient (Wildman–Crippen LogP) is 8.27. The summed E-state index contributed by atoms with van der Waals surface area (Å²) in [5, 5.41) is 0. The predicted molar refractivity (Wildman–Crippen MR) is 116 cm³/mol.